The Morgan fingerprint density at radius 3 is 2.75 bits per heavy atom. The van der Waals surface area contributed by atoms with Crippen LogP contribution < -0.4 is 0 Å². The molecular weight excluding hydrogens is 330 g/mol. The maximum atomic E-state index is 3.99. The number of halogens is 2. The zero-order valence-corrected chi connectivity index (χ0v) is 8.33. The minimum atomic E-state index is 1.04. The molecule has 0 aliphatic rings. The van der Waals surface area contributed by atoms with Crippen molar-refractivity contribution in [2.45, 2.75) is 4.43 Å². The van der Waals surface area contributed by atoms with Crippen molar-refractivity contribution in [3.8, 4) is 0 Å². The van der Waals surface area contributed by atoms with Gasteiger partial charge in [-0.2, -0.15) is 5.10 Å². The topological polar surface area (TPSA) is 17.8 Å². The first-order chi connectivity index (χ1) is 3.83. The largest absolute Gasteiger partial charge is 0.211 e. The zero-order valence-electron chi connectivity index (χ0n) is 4.01. The lowest BCUT2D eigenvalue weighted by molar-refractivity contribution is 1.06. The van der Waals surface area contributed by atoms with Crippen molar-refractivity contribution in [1.82, 2.24) is 7.99 Å². The molecule has 1 aromatic heterocycles. The van der Waals surface area contributed by atoms with Gasteiger partial charge < -0.3 is 0 Å². The lowest BCUT2D eigenvalue weighted by Gasteiger charge is -1.78. The molecule has 0 N–H and O–H groups in total. The van der Waals surface area contributed by atoms with E-state index in [1.807, 2.05) is 12.4 Å². The molecule has 1 heterocycles. The van der Waals surface area contributed by atoms with Gasteiger partial charge in [0.25, 0.3) is 0 Å². The van der Waals surface area contributed by atoms with E-state index in [4.69, 9.17) is 0 Å². The molecule has 4 heteroatoms. The average molecular weight is 334 g/mol. The van der Waals surface area contributed by atoms with Gasteiger partial charge in [0.2, 0.25) is 0 Å². The molecule has 0 spiro atoms. The van der Waals surface area contributed by atoms with E-state index in [0.717, 1.165) is 4.43 Å². The van der Waals surface area contributed by atoms with Gasteiger partial charge in [0, 0.05) is 16.2 Å². The Labute approximate surface area is 75.3 Å². The van der Waals surface area contributed by atoms with Gasteiger partial charge in [-0.05, 0) is 0 Å². The minimum absolute atomic E-state index is 1.04. The normalized spacial score (nSPS) is 9.75. The fourth-order valence-corrected chi connectivity index (χ4v) is 1.28. The number of rotatable bonds is 1. The molecule has 0 saturated carbocycles. The molecular formula is C4H4I2N2. The predicted octanol–water partition coefficient (Wildman–Crippen LogP) is 2.02. The molecule has 0 saturated heterocycles. The van der Waals surface area contributed by atoms with Gasteiger partial charge in [-0.3, -0.25) is 0 Å². The van der Waals surface area contributed by atoms with E-state index < -0.39 is 0 Å². The van der Waals surface area contributed by atoms with E-state index in [2.05, 4.69) is 50.6 Å². The maximum absolute atomic E-state index is 3.99. The summed E-state index contributed by atoms with van der Waals surface area (Å²) in [6, 6.07) is 0. The van der Waals surface area contributed by atoms with Crippen molar-refractivity contribution in [1.29, 1.82) is 0 Å². The van der Waals surface area contributed by atoms with Crippen molar-refractivity contribution >= 4 is 45.5 Å². The first-order valence-electron chi connectivity index (χ1n) is 2.08. The summed E-state index contributed by atoms with van der Waals surface area (Å²) >= 11 is 4.44. The van der Waals surface area contributed by atoms with E-state index in [1.54, 1.807) is 2.90 Å². The Balaban J connectivity index is 2.84. The van der Waals surface area contributed by atoms with Crippen LogP contribution in [0.2, 0.25) is 0 Å². The zero-order chi connectivity index (χ0) is 5.98. The number of hydrogen-bond acceptors (Lipinski definition) is 1. The summed E-state index contributed by atoms with van der Waals surface area (Å²) < 4.78 is 2.83. The molecule has 0 bridgehead atoms. The van der Waals surface area contributed by atoms with Crippen molar-refractivity contribution < 1.29 is 0 Å². The summed E-state index contributed by atoms with van der Waals surface area (Å²) in [6.07, 6.45) is 3.88. The number of alkyl halides is 1. The third kappa shape index (κ3) is 1.57. The van der Waals surface area contributed by atoms with Crippen LogP contribution in [0.25, 0.3) is 0 Å². The third-order valence-electron chi connectivity index (χ3n) is 0.761. The molecule has 2 nitrogen and oxygen atoms in total. The maximum Gasteiger partial charge on any atom is 0.0843 e. The van der Waals surface area contributed by atoms with Crippen molar-refractivity contribution in [2.75, 3.05) is 0 Å². The number of aromatic nitrogens is 2. The van der Waals surface area contributed by atoms with Gasteiger partial charge >= 0.3 is 0 Å². The van der Waals surface area contributed by atoms with Gasteiger partial charge in [-0.15, -0.1) is 0 Å². The summed E-state index contributed by atoms with van der Waals surface area (Å²) in [5.41, 5.74) is 1.28. The molecule has 0 radical (unpaired) electrons. The van der Waals surface area contributed by atoms with E-state index in [-0.39, 0.29) is 0 Å². The Morgan fingerprint density at radius 2 is 2.50 bits per heavy atom. The first kappa shape index (κ1) is 6.79. The van der Waals surface area contributed by atoms with Crippen LogP contribution >= 0.6 is 45.5 Å². The van der Waals surface area contributed by atoms with Gasteiger partial charge in [0.05, 0.1) is 29.1 Å². The van der Waals surface area contributed by atoms with E-state index >= 15 is 0 Å². The molecule has 0 unspecified atom stereocenters. The highest BCUT2D eigenvalue weighted by atomic mass is 127. The lowest BCUT2D eigenvalue weighted by atomic mass is 10.4. The second-order valence-electron chi connectivity index (χ2n) is 1.37. The smallest absolute Gasteiger partial charge is 0.0843 e. The molecule has 0 aromatic carbocycles. The highest BCUT2D eigenvalue weighted by Gasteiger charge is 1.90. The van der Waals surface area contributed by atoms with Crippen LogP contribution in [0.3, 0.4) is 0 Å². The van der Waals surface area contributed by atoms with E-state index in [0.29, 0.717) is 0 Å². The quantitative estimate of drug-likeness (QED) is 0.568. The van der Waals surface area contributed by atoms with Gasteiger partial charge in [0.1, 0.15) is 0 Å². The van der Waals surface area contributed by atoms with Crippen molar-refractivity contribution in [2.24, 2.45) is 0 Å². The SMILES string of the molecule is ICc1cnn(I)c1. The van der Waals surface area contributed by atoms with E-state index in [9.17, 15) is 0 Å². The number of hydrogen-bond donors (Lipinski definition) is 0. The van der Waals surface area contributed by atoms with Crippen LogP contribution in [0.5, 0.6) is 0 Å². The molecule has 0 aliphatic carbocycles. The van der Waals surface area contributed by atoms with Crippen LogP contribution in [0.4, 0.5) is 0 Å². The second kappa shape index (κ2) is 3.00. The van der Waals surface area contributed by atoms with Crippen LogP contribution in [0.1, 0.15) is 5.56 Å². The summed E-state index contributed by atoms with van der Waals surface area (Å²) in [4.78, 5) is 0. The third-order valence-corrected chi connectivity index (χ3v) is 2.17. The minimum Gasteiger partial charge on any atom is -0.211 e. The van der Waals surface area contributed by atoms with E-state index in [1.165, 1.54) is 5.56 Å². The molecule has 8 heavy (non-hydrogen) atoms. The molecule has 1 aromatic rings. The number of nitrogens with zero attached hydrogens (tertiary/aromatic N) is 2. The first-order valence-corrected chi connectivity index (χ1v) is 4.57. The molecule has 44 valence electrons. The van der Waals surface area contributed by atoms with Crippen LogP contribution in [0, 0.1) is 0 Å². The Hall–Kier alpha value is 0.670. The Bertz CT molecular complexity index is 172. The summed E-state index contributed by atoms with van der Waals surface area (Å²) in [5.74, 6) is 0. The monoisotopic (exact) mass is 334 g/mol. The fraction of sp³-hybridized carbons (Fsp3) is 0.250. The fourth-order valence-electron chi connectivity index (χ4n) is 0.402. The standard InChI is InChI=1S/C4H4I2N2/c5-1-4-2-7-8(6)3-4/h2-3H,1H2. The average Bonchev–Trinajstić information content (AvgIpc) is 2.14. The Kier molecular flexibility index (Phi) is 2.54. The molecule has 0 atom stereocenters. The lowest BCUT2D eigenvalue weighted by Crippen LogP contribution is -1.72. The van der Waals surface area contributed by atoms with Crippen LogP contribution in [-0.2, 0) is 4.43 Å². The van der Waals surface area contributed by atoms with Crippen LogP contribution in [-0.4, -0.2) is 7.99 Å². The summed E-state index contributed by atoms with van der Waals surface area (Å²) in [6.45, 7) is 0. The molecule has 0 aliphatic heterocycles. The van der Waals surface area contributed by atoms with Gasteiger partial charge in [0.15, 0.2) is 0 Å². The van der Waals surface area contributed by atoms with Crippen LogP contribution in [0.15, 0.2) is 12.4 Å². The van der Waals surface area contributed by atoms with Crippen molar-refractivity contribution in [3.05, 3.63) is 18.0 Å². The van der Waals surface area contributed by atoms with Gasteiger partial charge in [-0.25, -0.2) is 2.90 Å². The summed E-state index contributed by atoms with van der Waals surface area (Å²) in [7, 11) is 0. The Morgan fingerprint density at radius 1 is 1.75 bits per heavy atom. The highest BCUT2D eigenvalue weighted by molar-refractivity contribution is 14.1. The molecule has 1 rings (SSSR count). The predicted molar refractivity (Wildman–Crippen MR) is 49.4 cm³/mol. The summed E-state index contributed by atoms with van der Waals surface area (Å²) in [5, 5.41) is 3.99. The van der Waals surface area contributed by atoms with Gasteiger partial charge in [-0.1, -0.05) is 22.6 Å². The second-order valence-corrected chi connectivity index (χ2v) is 3.12. The highest BCUT2D eigenvalue weighted by Crippen LogP contribution is 2.04. The van der Waals surface area contributed by atoms with Crippen molar-refractivity contribution in [3.63, 3.8) is 0 Å². The molecule has 0 amide bonds. The molecule has 0 fully saturated rings.